The van der Waals surface area contributed by atoms with Crippen LogP contribution in [0.2, 0.25) is 0 Å². The number of methoxy groups -OCH3 is 1. The molecule has 7 nitrogen and oxygen atoms in total. The number of nitrogens with one attached hydrogen (secondary N) is 1. The zero-order chi connectivity index (χ0) is 20.9. The number of hydrogen-bond donors (Lipinski definition) is 1. The quantitative estimate of drug-likeness (QED) is 0.741. The summed E-state index contributed by atoms with van der Waals surface area (Å²) in [5.41, 5.74) is 1.59. The third-order valence-corrected chi connectivity index (χ3v) is 6.35. The molecule has 0 radical (unpaired) electrons. The largest absolute Gasteiger partial charge is 0.496 e. The lowest BCUT2D eigenvalue weighted by Gasteiger charge is -2.30. The number of aryl methyl sites for hydroxylation is 1. The molecule has 8 heteroatoms. The number of hydrogen-bond acceptors (Lipinski definition) is 5. The van der Waals surface area contributed by atoms with Crippen LogP contribution in [0.25, 0.3) is 0 Å². The van der Waals surface area contributed by atoms with Gasteiger partial charge in [0.2, 0.25) is 15.9 Å². The summed E-state index contributed by atoms with van der Waals surface area (Å²) in [4.78, 5) is 14.9. The van der Waals surface area contributed by atoms with E-state index >= 15 is 0 Å². The number of ether oxygens (including phenoxy) is 2. The summed E-state index contributed by atoms with van der Waals surface area (Å²) in [6, 6.07) is 13.1. The van der Waals surface area contributed by atoms with Crippen molar-refractivity contribution in [1.29, 1.82) is 0 Å². The van der Waals surface area contributed by atoms with E-state index in [0.29, 0.717) is 37.6 Å². The normalized spacial score (nSPS) is 15.7. The van der Waals surface area contributed by atoms with Crippen molar-refractivity contribution in [2.24, 2.45) is 0 Å². The summed E-state index contributed by atoms with van der Waals surface area (Å²) in [5.74, 6) is 0.361. The minimum Gasteiger partial charge on any atom is -0.496 e. The molecule has 1 fully saturated rings. The molecule has 2 aromatic carbocycles. The molecule has 1 amide bonds. The Bertz CT molecular complexity index is 941. The minimum atomic E-state index is -3.90. The second-order valence-electron chi connectivity index (χ2n) is 6.93. The first-order chi connectivity index (χ1) is 13.9. The van der Waals surface area contributed by atoms with Gasteiger partial charge in [0, 0.05) is 13.1 Å². The lowest BCUT2D eigenvalue weighted by atomic mass is 10.1. The first-order valence-electron chi connectivity index (χ1n) is 9.48. The van der Waals surface area contributed by atoms with Crippen LogP contribution in [0.5, 0.6) is 5.75 Å². The fourth-order valence-corrected chi connectivity index (χ4v) is 4.58. The van der Waals surface area contributed by atoms with E-state index in [1.807, 2.05) is 30.3 Å². The van der Waals surface area contributed by atoms with Crippen molar-refractivity contribution in [2.75, 3.05) is 33.4 Å². The Kier molecular flexibility index (Phi) is 6.89. The van der Waals surface area contributed by atoms with Crippen LogP contribution in [0.1, 0.15) is 11.1 Å². The van der Waals surface area contributed by atoms with Crippen LogP contribution >= 0.6 is 0 Å². The van der Waals surface area contributed by atoms with Gasteiger partial charge in [0.1, 0.15) is 11.8 Å². The molecule has 0 saturated carbocycles. The van der Waals surface area contributed by atoms with Crippen molar-refractivity contribution in [3.8, 4) is 5.75 Å². The lowest BCUT2D eigenvalue weighted by Crippen LogP contribution is -2.52. The summed E-state index contributed by atoms with van der Waals surface area (Å²) in [5, 5.41) is 0. The molecule has 0 aliphatic carbocycles. The fourth-order valence-electron chi connectivity index (χ4n) is 3.31. The van der Waals surface area contributed by atoms with Gasteiger partial charge in [-0.05, 0) is 42.7 Å². The van der Waals surface area contributed by atoms with Crippen LogP contribution in [0.15, 0.2) is 53.4 Å². The van der Waals surface area contributed by atoms with Crippen molar-refractivity contribution < 1.29 is 22.7 Å². The maximum Gasteiger partial charge on any atom is 0.241 e. The Labute approximate surface area is 171 Å². The number of nitrogens with zero attached hydrogens (tertiary/aromatic N) is 1. The predicted molar refractivity (Wildman–Crippen MR) is 109 cm³/mol. The molecule has 0 bridgehead atoms. The number of morpholine rings is 1. The molecule has 0 unspecified atom stereocenters. The van der Waals surface area contributed by atoms with Crippen molar-refractivity contribution in [1.82, 2.24) is 9.62 Å². The highest BCUT2D eigenvalue weighted by molar-refractivity contribution is 7.89. The van der Waals surface area contributed by atoms with Crippen molar-refractivity contribution in [2.45, 2.75) is 24.3 Å². The fraction of sp³-hybridized carbons (Fsp3) is 0.381. The van der Waals surface area contributed by atoms with Gasteiger partial charge >= 0.3 is 0 Å². The van der Waals surface area contributed by atoms with Gasteiger partial charge in [-0.15, -0.1) is 0 Å². The second-order valence-corrected chi connectivity index (χ2v) is 8.65. The van der Waals surface area contributed by atoms with Gasteiger partial charge in [-0.25, -0.2) is 8.42 Å². The van der Waals surface area contributed by atoms with Gasteiger partial charge in [-0.2, -0.15) is 4.72 Å². The summed E-state index contributed by atoms with van der Waals surface area (Å²) in [6.07, 6.45) is 0.269. The van der Waals surface area contributed by atoms with Crippen LogP contribution < -0.4 is 9.46 Å². The SMILES string of the molecule is COc1ccc(S(=O)(=O)N[C@H](Cc2ccccc2)C(=O)N2CCOCC2)cc1C. The number of rotatable bonds is 7. The Morgan fingerprint density at radius 3 is 2.48 bits per heavy atom. The molecule has 1 aliphatic rings. The van der Waals surface area contributed by atoms with E-state index in [2.05, 4.69) is 4.72 Å². The van der Waals surface area contributed by atoms with E-state index in [1.165, 1.54) is 13.2 Å². The maximum absolute atomic E-state index is 13.1. The zero-order valence-electron chi connectivity index (χ0n) is 16.6. The van der Waals surface area contributed by atoms with Crippen molar-refractivity contribution in [3.05, 3.63) is 59.7 Å². The summed E-state index contributed by atoms with van der Waals surface area (Å²) in [7, 11) is -2.36. The Morgan fingerprint density at radius 2 is 1.86 bits per heavy atom. The van der Waals surface area contributed by atoms with E-state index in [9.17, 15) is 13.2 Å². The van der Waals surface area contributed by atoms with Crippen LogP contribution in [-0.4, -0.2) is 58.7 Å². The predicted octanol–water partition coefficient (Wildman–Crippen LogP) is 1.75. The van der Waals surface area contributed by atoms with Gasteiger partial charge in [0.15, 0.2) is 0 Å². The highest BCUT2D eigenvalue weighted by Gasteiger charge is 2.30. The van der Waals surface area contributed by atoms with E-state index < -0.39 is 16.1 Å². The highest BCUT2D eigenvalue weighted by atomic mass is 32.2. The van der Waals surface area contributed by atoms with Crippen LogP contribution in [0.3, 0.4) is 0 Å². The van der Waals surface area contributed by atoms with E-state index in [0.717, 1.165) is 5.56 Å². The smallest absolute Gasteiger partial charge is 0.241 e. The van der Waals surface area contributed by atoms with Crippen LogP contribution in [0, 0.1) is 6.92 Å². The van der Waals surface area contributed by atoms with E-state index in [-0.39, 0.29) is 17.2 Å². The van der Waals surface area contributed by atoms with Crippen molar-refractivity contribution in [3.63, 3.8) is 0 Å². The number of sulfonamides is 1. The maximum atomic E-state index is 13.1. The average molecular weight is 419 g/mol. The topological polar surface area (TPSA) is 84.9 Å². The molecule has 1 atom stereocenters. The number of benzene rings is 2. The summed E-state index contributed by atoms with van der Waals surface area (Å²) < 4.78 is 39.2. The first kappa shape index (κ1) is 21.3. The van der Waals surface area contributed by atoms with E-state index in [4.69, 9.17) is 9.47 Å². The highest BCUT2D eigenvalue weighted by Crippen LogP contribution is 2.22. The van der Waals surface area contributed by atoms with Gasteiger partial charge in [-0.1, -0.05) is 30.3 Å². The third kappa shape index (κ3) is 5.35. The first-order valence-corrected chi connectivity index (χ1v) is 11.0. The molecule has 1 aliphatic heterocycles. The average Bonchev–Trinajstić information content (AvgIpc) is 2.74. The molecule has 2 aromatic rings. The molecule has 1 saturated heterocycles. The van der Waals surface area contributed by atoms with Gasteiger partial charge in [-0.3, -0.25) is 4.79 Å². The molecule has 29 heavy (non-hydrogen) atoms. The minimum absolute atomic E-state index is 0.101. The summed E-state index contributed by atoms with van der Waals surface area (Å²) in [6.45, 7) is 3.58. The monoisotopic (exact) mass is 418 g/mol. The zero-order valence-corrected chi connectivity index (χ0v) is 17.4. The molecular weight excluding hydrogens is 392 g/mol. The van der Waals surface area contributed by atoms with E-state index in [1.54, 1.807) is 24.0 Å². The standard InChI is InChI=1S/C21H26N2O5S/c1-16-14-18(8-9-20(16)27-2)29(25,26)22-19(15-17-6-4-3-5-7-17)21(24)23-10-12-28-13-11-23/h3-9,14,19,22H,10-13,15H2,1-2H3/t19-/m1/s1. The Morgan fingerprint density at radius 1 is 1.17 bits per heavy atom. The number of carbonyl (C=O) groups is 1. The molecule has 1 heterocycles. The van der Waals surface area contributed by atoms with Crippen LogP contribution in [-0.2, 0) is 26.0 Å². The third-order valence-electron chi connectivity index (χ3n) is 4.88. The lowest BCUT2D eigenvalue weighted by molar-refractivity contribution is -0.137. The van der Waals surface area contributed by atoms with Crippen molar-refractivity contribution >= 4 is 15.9 Å². The number of amides is 1. The molecule has 3 rings (SSSR count). The Balaban J connectivity index is 1.86. The molecule has 156 valence electrons. The number of carbonyl (C=O) groups excluding carboxylic acids is 1. The van der Waals surface area contributed by atoms with Gasteiger partial charge in [0.05, 0.1) is 25.2 Å². The molecule has 0 aromatic heterocycles. The Hall–Kier alpha value is -2.42. The van der Waals surface area contributed by atoms with Crippen LogP contribution in [0.4, 0.5) is 0 Å². The van der Waals surface area contributed by atoms with Gasteiger partial charge in [0.25, 0.3) is 0 Å². The van der Waals surface area contributed by atoms with Gasteiger partial charge < -0.3 is 14.4 Å². The second kappa shape index (κ2) is 9.39. The molecule has 1 N–H and O–H groups in total. The molecule has 0 spiro atoms. The molecular formula is C21H26N2O5S. The summed E-state index contributed by atoms with van der Waals surface area (Å²) >= 11 is 0.